The maximum absolute atomic E-state index is 14.7. The van der Waals surface area contributed by atoms with E-state index in [9.17, 15) is 17.9 Å². The number of hydrogen-bond acceptors (Lipinski definition) is 4. The van der Waals surface area contributed by atoms with Gasteiger partial charge in [0.2, 0.25) is 0 Å². The fraction of sp³-hybridized carbons (Fsp3) is 0.160. The van der Waals surface area contributed by atoms with Gasteiger partial charge in [-0.05, 0) is 61.4 Å². The molecule has 8 heteroatoms. The van der Waals surface area contributed by atoms with Gasteiger partial charge in [0, 0.05) is 18.1 Å². The quantitative estimate of drug-likeness (QED) is 0.398. The molecule has 0 spiro atoms. The van der Waals surface area contributed by atoms with E-state index < -0.39 is 21.3 Å². The third-order valence-electron chi connectivity index (χ3n) is 5.26. The topological polar surface area (TPSA) is 72.2 Å². The van der Waals surface area contributed by atoms with Crippen molar-refractivity contribution >= 4 is 21.4 Å². The molecular formula is C25H22ClFN2O3S. The summed E-state index contributed by atoms with van der Waals surface area (Å²) in [5.74, 6) is -0.257. The zero-order valence-corrected chi connectivity index (χ0v) is 19.8. The molecule has 1 N–H and O–H groups in total. The van der Waals surface area contributed by atoms with Gasteiger partial charge in [0.15, 0.2) is 9.84 Å². The monoisotopic (exact) mass is 484 g/mol. The van der Waals surface area contributed by atoms with Gasteiger partial charge >= 0.3 is 0 Å². The smallest absolute Gasteiger partial charge is 0.175 e. The summed E-state index contributed by atoms with van der Waals surface area (Å²) in [5, 5.41) is 10.7. The second kappa shape index (κ2) is 8.41. The molecule has 0 bridgehead atoms. The summed E-state index contributed by atoms with van der Waals surface area (Å²) in [6, 6.07) is 18.4. The number of imidazole rings is 1. The van der Waals surface area contributed by atoms with Gasteiger partial charge in [0.25, 0.3) is 0 Å². The molecule has 0 saturated heterocycles. The van der Waals surface area contributed by atoms with Crippen LogP contribution in [-0.4, -0.2) is 29.3 Å². The molecule has 5 nitrogen and oxygen atoms in total. The Balaban J connectivity index is 1.83. The zero-order valence-electron chi connectivity index (χ0n) is 18.3. The van der Waals surface area contributed by atoms with Crippen LogP contribution in [0.3, 0.4) is 0 Å². The average Bonchev–Trinajstić information content (AvgIpc) is 3.19. The molecule has 1 aromatic heterocycles. The molecule has 0 aliphatic carbocycles. The first kappa shape index (κ1) is 23.2. The van der Waals surface area contributed by atoms with Crippen LogP contribution in [0.4, 0.5) is 4.39 Å². The molecule has 0 aliphatic heterocycles. The van der Waals surface area contributed by atoms with Crippen LogP contribution >= 0.6 is 11.6 Å². The highest BCUT2D eigenvalue weighted by Gasteiger charge is 2.25. The molecule has 0 aliphatic rings. The number of rotatable bonds is 5. The van der Waals surface area contributed by atoms with Gasteiger partial charge in [0.1, 0.15) is 17.2 Å². The lowest BCUT2D eigenvalue weighted by molar-refractivity contribution is 0.0743. The number of sulfone groups is 1. The van der Waals surface area contributed by atoms with E-state index in [4.69, 9.17) is 11.6 Å². The molecule has 3 aromatic carbocycles. The fourth-order valence-corrected chi connectivity index (χ4v) is 4.39. The minimum Gasteiger partial charge on any atom is -0.384 e. The summed E-state index contributed by atoms with van der Waals surface area (Å²) in [7, 11) is -3.32. The van der Waals surface area contributed by atoms with Crippen LogP contribution in [0.1, 0.15) is 19.5 Å². The number of hydrogen-bond donors (Lipinski definition) is 1. The Hall–Kier alpha value is -3.00. The minimum absolute atomic E-state index is 0.139. The number of aliphatic hydroxyl groups is 1. The van der Waals surface area contributed by atoms with Crippen molar-refractivity contribution in [3.05, 3.63) is 89.5 Å². The Kier molecular flexibility index (Phi) is 5.90. The normalized spacial score (nSPS) is 12.2. The van der Waals surface area contributed by atoms with Crippen LogP contribution in [0.15, 0.2) is 77.8 Å². The van der Waals surface area contributed by atoms with Crippen LogP contribution in [0, 0.1) is 5.82 Å². The predicted octanol–water partition coefficient (Wildman–Crippen LogP) is 5.63. The van der Waals surface area contributed by atoms with E-state index in [2.05, 4.69) is 4.98 Å². The van der Waals surface area contributed by atoms with Gasteiger partial charge < -0.3 is 5.11 Å². The van der Waals surface area contributed by atoms with Crippen LogP contribution in [0.25, 0.3) is 28.2 Å². The first-order chi connectivity index (χ1) is 15.4. The second-order valence-corrected chi connectivity index (χ2v) is 10.7. The molecule has 0 atom stereocenters. The molecule has 33 heavy (non-hydrogen) atoms. The molecule has 0 fully saturated rings. The van der Waals surface area contributed by atoms with E-state index in [1.807, 2.05) is 30.3 Å². The lowest BCUT2D eigenvalue weighted by Crippen LogP contribution is -2.15. The van der Waals surface area contributed by atoms with E-state index in [1.165, 1.54) is 18.4 Å². The summed E-state index contributed by atoms with van der Waals surface area (Å²) in [5.41, 5.74) is 1.50. The van der Waals surface area contributed by atoms with Crippen LogP contribution in [0.5, 0.6) is 0 Å². The highest BCUT2D eigenvalue weighted by molar-refractivity contribution is 7.90. The van der Waals surface area contributed by atoms with Gasteiger partial charge in [-0.3, -0.25) is 4.57 Å². The molecule has 4 aromatic rings. The van der Waals surface area contributed by atoms with Crippen molar-refractivity contribution in [3.8, 4) is 28.2 Å². The molecule has 170 valence electrons. The average molecular weight is 485 g/mol. The molecule has 1 heterocycles. The third-order valence-corrected chi connectivity index (χ3v) is 6.69. The largest absolute Gasteiger partial charge is 0.384 e. The van der Waals surface area contributed by atoms with Crippen molar-refractivity contribution in [2.45, 2.75) is 24.3 Å². The lowest BCUT2D eigenvalue weighted by Gasteiger charge is -2.13. The first-order valence-electron chi connectivity index (χ1n) is 10.1. The second-order valence-electron chi connectivity index (χ2n) is 8.32. The van der Waals surface area contributed by atoms with Crippen molar-refractivity contribution in [1.29, 1.82) is 0 Å². The van der Waals surface area contributed by atoms with Gasteiger partial charge in [-0.15, -0.1) is 0 Å². The van der Waals surface area contributed by atoms with Gasteiger partial charge in [-0.1, -0.05) is 41.9 Å². The van der Waals surface area contributed by atoms with Crippen molar-refractivity contribution in [3.63, 3.8) is 0 Å². The molecule has 0 amide bonds. The third kappa shape index (κ3) is 4.71. The summed E-state index contributed by atoms with van der Waals surface area (Å²) in [6.07, 6.45) is 2.82. The summed E-state index contributed by atoms with van der Waals surface area (Å²) >= 11 is 6.30. The van der Waals surface area contributed by atoms with Gasteiger partial charge in [0.05, 0.1) is 21.2 Å². The zero-order chi connectivity index (χ0) is 24.0. The number of nitrogens with zero attached hydrogens (tertiary/aromatic N) is 2. The maximum atomic E-state index is 14.7. The fourth-order valence-electron chi connectivity index (χ4n) is 3.48. The summed E-state index contributed by atoms with van der Waals surface area (Å²) in [6.45, 7) is 3.20. The lowest BCUT2D eigenvalue weighted by atomic mass is 10.1. The van der Waals surface area contributed by atoms with Crippen molar-refractivity contribution in [2.24, 2.45) is 0 Å². The highest BCUT2D eigenvalue weighted by atomic mass is 35.5. The Morgan fingerprint density at radius 3 is 2.27 bits per heavy atom. The molecule has 0 radical (unpaired) electrons. The SMILES string of the molecule is CC(C)(O)c1cn(-c2ccc(-c3cccc(S(C)(=O)=O)c3)cc2)c(-c2c(F)cccc2Cl)n1. The summed E-state index contributed by atoms with van der Waals surface area (Å²) < 4.78 is 40.2. The minimum atomic E-state index is -3.32. The number of aromatic nitrogens is 2. The van der Waals surface area contributed by atoms with Gasteiger partial charge in [-0.2, -0.15) is 0 Å². The highest BCUT2D eigenvalue weighted by Crippen LogP contribution is 2.34. The predicted molar refractivity (Wildman–Crippen MR) is 128 cm³/mol. The van der Waals surface area contributed by atoms with Crippen molar-refractivity contribution in [2.75, 3.05) is 6.26 Å². The number of benzene rings is 3. The Morgan fingerprint density at radius 1 is 1.00 bits per heavy atom. The van der Waals surface area contributed by atoms with Crippen LogP contribution in [-0.2, 0) is 15.4 Å². The van der Waals surface area contributed by atoms with E-state index in [-0.39, 0.29) is 21.3 Å². The summed E-state index contributed by atoms with van der Waals surface area (Å²) in [4.78, 5) is 4.73. The van der Waals surface area contributed by atoms with E-state index in [0.29, 0.717) is 11.4 Å². The van der Waals surface area contributed by atoms with Crippen LogP contribution in [0.2, 0.25) is 5.02 Å². The standard InChI is InChI=1S/C25H22ClFN2O3S/c1-25(2,30)22-15-29(24(28-22)23-20(26)8-5-9-21(23)27)18-12-10-16(11-13-18)17-6-4-7-19(14-17)33(3,31)32/h4-15,30H,1-3H3. The molecule has 0 saturated carbocycles. The van der Waals surface area contributed by atoms with E-state index in [0.717, 1.165) is 11.1 Å². The molecular weight excluding hydrogens is 463 g/mol. The Morgan fingerprint density at radius 2 is 1.67 bits per heavy atom. The Bertz CT molecular complexity index is 1420. The van der Waals surface area contributed by atoms with E-state index in [1.54, 1.807) is 48.9 Å². The number of halogens is 2. The van der Waals surface area contributed by atoms with Crippen molar-refractivity contribution < 1.29 is 17.9 Å². The van der Waals surface area contributed by atoms with E-state index >= 15 is 0 Å². The van der Waals surface area contributed by atoms with Gasteiger partial charge in [-0.25, -0.2) is 17.8 Å². The van der Waals surface area contributed by atoms with Crippen molar-refractivity contribution in [1.82, 2.24) is 9.55 Å². The first-order valence-corrected chi connectivity index (χ1v) is 12.4. The molecule has 0 unspecified atom stereocenters. The molecule has 4 rings (SSSR count). The maximum Gasteiger partial charge on any atom is 0.175 e. The Labute approximate surface area is 197 Å². The van der Waals surface area contributed by atoms with Crippen LogP contribution < -0.4 is 0 Å².